The van der Waals surface area contributed by atoms with Crippen LogP contribution in [-0.4, -0.2) is 16.3 Å². The lowest BCUT2D eigenvalue weighted by Crippen LogP contribution is -1.97. The van der Waals surface area contributed by atoms with Crippen LogP contribution in [0.1, 0.15) is 31.7 Å². The SMILES string of the molecule is CC(O)CCCC=Cc1ccc(-c2ccc(O)cc2F)cc1. The van der Waals surface area contributed by atoms with Gasteiger partial charge in [-0.2, -0.15) is 0 Å². The van der Waals surface area contributed by atoms with Gasteiger partial charge in [0, 0.05) is 11.6 Å². The van der Waals surface area contributed by atoms with Crippen molar-refractivity contribution in [3.8, 4) is 16.9 Å². The van der Waals surface area contributed by atoms with Gasteiger partial charge in [-0.1, -0.05) is 36.4 Å². The van der Waals surface area contributed by atoms with Gasteiger partial charge in [0.05, 0.1) is 6.10 Å². The zero-order chi connectivity index (χ0) is 15.9. The molecule has 0 saturated heterocycles. The van der Waals surface area contributed by atoms with E-state index in [0.29, 0.717) is 5.56 Å². The van der Waals surface area contributed by atoms with Gasteiger partial charge in [0.1, 0.15) is 11.6 Å². The molecule has 22 heavy (non-hydrogen) atoms. The van der Waals surface area contributed by atoms with Crippen molar-refractivity contribution in [1.82, 2.24) is 0 Å². The van der Waals surface area contributed by atoms with Crippen LogP contribution in [0.3, 0.4) is 0 Å². The van der Waals surface area contributed by atoms with Crippen LogP contribution < -0.4 is 0 Å². The second kappa shape index (κ2) is 7.76. The summed E-state index contributed by atoms with van der Waals surface area (Å²) < 4.78 is 13.8. The zero-order valence-corrected chi connectivity index (χ0v) is 12.7. The van der Waals surface area contributed by atoms with E-state index in [2.05, 4.69) is 6.08 Å². The van der Waals surface area contributed by atoms with Gasteiger partial charge < -0.3 is 10.2 Å². The molecule has 1 atom stereocenters. The fourth-order valence-corrected chi connectivity index (χ4v) is 2.26. The van der Waals surface area contributed by atoms with Crippen LogP contribution in [0.4, 0.5) is 4.39 Å². The summed E-state index contributed by atoms with van der Waals surface area (Å²) in [6.07, 6.45) is 6.57. The Morgan fingerprint density at radius 2 is 1.86 bits per heavy atom. The third-order valence-corrected chi connectivity index (χ3v) is 3.48. The maximum Gasteiger partial charge on any atom is 0.134 e. The summed E-state index contributed by atoms with van der Waals surface area (Å²) in [5, 5.41) is 18.4. The summed E-state index contributed by atoms with van der Waals surface area (Å²) in [6.45, 7) is 1.80. The van der Waals surface area contributed by atoms with Gasteiger partial charge in [-0.05, 0) is 49.4 Å². The van der Waals surface area contributed by atoms with E-state index < -0.39 is 5.82 Å². The number of aliphatic hydroxyl groups excluding tert-OH is 1. The molecule has 0 aliphatic heterocycles. The summed E-state index contributed by atoms with van der Waals surface area (Å²) >= 11 is 0. The highest BCUT2D eigenvalue weighted by Crippen LogP contribution is 2.26. The Bertz CT molecular complexity index is 630. The summed E-state index contributed by atoms with van der Waals surface area (Å²) in [5.41, 5.74) is 2.31. The first kappa shape index (κ1) is 16.2. The van der Waals surface area contributed by atoms with E-state index in [0.717, 1.165) is 36.5 Å². The number of allylic oxidation sites excluding steroid dienone is 1. The van der Waals surface area contributed by atoms with Crippen LogP contribution in [0, 0.1) is 5.82 Å². The third kappa shape index (κ3) is 4.71. The molecular formula is C19H21FO2. The first-order valence-electron chi connectivity index (χ1n) is 7.50. The highest BCUT2D eigenvalue weighted by molar-refractivity contribution is 5.67. The van der Waals surface area contributed by atoms with E-state index in [1.807, 2.05) is 30.3 Å². The molecule has 2 nitrogen and oxygen atoms in total. The number of rotatable bonds is 6. The number of halogens is 1. The van der Waals surface area contributed by atoms with Gasteiger partial charge in [-0.3, -0.25) is 0 Å². The minimum Gasteiger partial charge on any atom is -0.508 e. The summed E-state index contributed by atoms with van der Waals surface area (Å²) in [5.74, 6) is -0.501. The van der Waals surface area contributed by atoms with Crippen molar-refractivity contribution in [2.75, 3.05) is 0 Å². The summed E-state index contributed by atoms with van der Waals surface area (Å²) in [6, 6.07) is 11.8. The Labute approximate surface area is 130 Å². The zero-order valence-electron chi connectivity index (χ0n) is 12.7. The highest BCUT2D eigenvalue weighted by Gasteiger charge is 2.05. The maximum atomic E-state index is 13.8. The molecule has 0 radical (unpaired) electrons. The molecule has 0 aliphatic carbocycles. The van der Waals surface area contributed by atoms with Gasteiger partial charge in [0.25, 0.3) is 0 Å². The molecule has 1 unspecified atom stereocenters. The molecule has 0 aliphatic rings. The predicted molar refractivity (Wildman–Crippen MR) is 88.1 cm³/mol. The van der Waals surface area contributed by atoms with Crippen molar-refractivity contribution in [3.05, 3.63) is 59.9 Å². The predicted octanol–water partition coefficient (Wildman–Crippen LogP) is 4.76. The molecular weight excluding hydrogens is 279 g/mol. The lowest BCUT2D eigenvalue weighted by molar-refractivity contribution is 0.182. The van der Waals surface area contributed by atoms with Crippen LogP contribution in [-0.2, 0) is 0 Å². The van der Waals surface area contributed by atoms with Gasteiger partial charge in [-0.15, -0.1) is 0 Å². The highest BCUT2D eigenvalue weighted by atomic mass is 19.1. The van der Waals surface area contributed by atoms with E-state index in [9.17, 15) is 14.6 Å². The molecule has 3 heteroatoms. The minimum absolute atomic E-state index is 0.0713. The number of hydrogen-bond donors (Lipinski definition) is 2. The minimum atomic E-state index is -0.429. The summed E-state index contributed by atoms with van der Waals surface area (Å²) in [4.78, 5) is 0. The molecule has 2 rings (SSSR count). The average Bonchev–Trinajstić information content (AvgIpc) is 2.47. The van der Waals surface area contributed by atoms with Gasteiger partial charge >= 0.3 is 0 Å². The molecule has 0 amide bonds. The fraction of sp³-hybridized carbons (Fsp3) is 0.263. The van der Waals surface area contributed by atoms with E-state index >= 15 is 0 Å². The maximum absolute atomic E-state index is 13.8. The van der Waals surface area contributed by atoms with Crippen LogP contribution >= 0.6 is 0 Å². The topological polar surface area (TPSA) is 40.5 Å². The Morgan fingerprint density at radius 3 is 2.50 bits per heavy atom. The molecule has 0 saturated carbocycles. The van der Waals surface area contributed by atoms with Gasteiger partial charge in [0.15, 0.2) is 0 Å². The Kier molecular flexibility index (Phi) is 5.73. The number of aromatic hydroxyl groups is 1. The normalized spacial score (nSPS) is 12.7. The molecule has 0 bridgehead atoms. The quantitative estimate of drug-likeness (QED) is 0.755. The molecule has 2 aromatic carbocycles. The van der Waals surface area contributed by atoms with Crippen molar-refractivity contribution < 1.29 is 14.6 Å². The fourth-order valence-electron chi connectivity index (χ4n) is 2.26. The van der Waals surface area contributed by atoms with Crippen molar-refractivity contribution in [2.24, 2.45) is 0 Å². The molecule has 0 heterocycles. The number of benzene rings is 2. The molecule has 0 fully saturated rings. The first-order valence-corrected chi connectivity index (χ1v) is 7.50. The van der Waals surface area contributed by atoms with Gasteiger partial charge in [-0.25, -0.2) is 4.39 Å². The Balaban J connectivity index is 1.99. The van der Waals surface area contributed by atoms with Crippen molar-refractivity contribution >= 4 is 6.08 Å². The van der Waals surface area contributed by atoms with Crippen molar-refractivity contribution in [3.63, 3.8) is 0 Å². The first-order chi connectivity index (χ1) is 10.6. The van der Waals surface area contributed by atoms with Gasteiger partial charge in [0.2, 0.25) is 0 Å². The number of hydrogen-bond acceptors (Lipinski definition) is 2. The molecule has 2 N–H and O–H groups in total. The lowest BCUT2D eigenvalue weighted by atomic mass is 10.0. The van der Waals surface area contributed by atoms with Crippen LogP contribution in [0.2, 0.25) is 0 Å². The second-order valence-electron chi connectivity index (χ2n) is 5.47. The van der Waals surface area contributed by atoms with E-state index in [-0.39, 0.29) is 11.9 Å². The largest absolute Gasteiger partial charge is 0.508 e. The number of unbranched alkanes of at least 4 members (excludes halogenated alkanes) is 1. The smallest absolute Gasteiger partial charge is 0.134 e. The number of phenolic OH excluding ortho intramolecular Hbond substituents is 1. The molecule has 0 spiro atoms. The van der Waals surface area contributed by atoms with E-state index in [1.165, 1.54) is 6.07 Å². The molecule has 116 valence electrons. The average molecular weight is 300 g/mol. The standard InChI is InChI=1S/C19H21FO2/c1-14(21)5-3-2-4-6-15-7-9-16(10-8-15)18-12-11-17(22)13-19(18)20/h4,6-14,21-22H,2-3,5H2,1H3. The van der Waals surface area contributed by atoms with Crippen LogP contribution in [0.25, 0.3) is 17.2 Å². The lowest BCUT2D eigenvalue weighted by Gasteiger charge is -2.04. The molecule has 2 aromatic rings. The number of aliphatic hydroxyl groups is 1. The second-order valence-corrected chi connectivity index (χ2v) is 5.47. The van der Waals surface area contributed by atoms with Crippen LogP contribution in [0.5, 0.6) is 5.75 Å². The van der Waals surface area contributed by atoms with Crippen molar-refractivity contribution in [1.29, 1.82) is 0 Å². The third-order valence-electron chi connectivity index (χ3n) is 3.48. The summed E-state index contributed by atoms with van der Waals surface area (Å²) in [7, 11) is 0. The Hall–Kier alpha value is -2.13. The van der Waals surface area contributed by atoms with E-state index in [1.54, 1.807) is 13.0 Å². The van der Waals surface area contributed by atoms with E-state index in [4.69, 9.17) is 0 Å². The Morgan fingerprint density at radius 1 is 1.14 bits per heavy atom. The van der Waals surface area contributed by atoms with Crippen molar-refractivity contribution in [2.45, 2.75) is 32.3 Å². The van der Waals surface area contributed by atoms with Crippen LogP contribution in [0.15, 0.2) is 48.5 Å². The molecule has 0 aromatic heterocycles. The number of phenols is 1. The monoisotopic (exact) mass is 300 g/mol.